The highest BCUT2D eigenvalue weighted by molar-refractivity contribution is 5.70. The lowest BCUT2D eigenvalue weighted by molar-refractivity contribution is -0.0885. The molecule has 1 amide bonds. The normalized spacial score (nSPS) is 32.3. The van der Waals surface area contributed by atoms with Gasteiger partial charge in [0.15, 0.2) is 0 Å². The van der Waals surface area contributed by atoms with Gasteiger partial charge in [0, 0.05) is 18.6 Å². The van der Waals surface area contributed by atoms with Crippen LogP contribution >= 0.6 is 0 Å². The first-order valence-corrected chi connectivity index (χ1v) is 7.69. The Morgan fingerprint density at radius 1 is 1.11 bits per heavy atom. The molecule has 1 aliphatic carbocycles. The van der Waals surface area contributed by atoms with Gasteiger partial charge < -0.3 is 4.74 Å². The van der Waals surface area contributed by atoms with Crippen LogP contribution in [0.2, 0.25) is 0 Å². The molecule has 0 aromatic heterocycles. The fourth-order valence-corrected chi connectivity index (χ4v) is 3.67. The Morgan fingerprint density at radius 3 is 2.21 bits per heavy atom. The van der Waals surface area contributed by atoms with Gasteiger partial charge in [-0.2, -0.15) is 0 Å². The molecule has 2 atom stereocenters. The summed E-state index contributed by atoms with van der Waals surface area (Å²) in [7, 11) is 0. The minimum absolute atomic E-state index is 0.0540. The molecular formula is C15H26N2O2. The SMILES string of the molecule is CC(C)(C)N1CC2CC(C1)N2C(=O)OC1CCCC1. The van der Waals surface area contributed by atoms with Gasteiger partial charge in [-0.25, -0.2) is 4.79 Å². The van der Waals surface area contributed by atoms with Gasteiger partial charge in [0.1, 0.15) is 6.10 Å². The summed E-state index contributed by atoms with van der Waals surface area (Å²) in [6, 6.07) is 0.763. The van der Waals surface area contributed by atoms with Crippen molar-refractivity contribution in [2.75, 3.05) is 13.1 Å². The van der Waals surface area contributed by atoms with Crippen molar-refractivity contribution in [3.05, 3.63) is 0 Å². The molecule has 0 N–H and O–H groups in total. The van der Waals surface area contributed by atoms with Crippen molar-refractivity contribution in [2.24, 2.45) is 0 Å². The van der Waals surface area contributed by atoms with Gasteiger partial charge in [0.05, 0.1) is 12.1 Å². The van der Waals surface area contributed by atoms with E-state index in [2.05, 4.69) is 25.7 Å². The van der Waals surface area contributed by atoms with Gasteiger partial charge in [-0.3, -0.25) is 9.80 Å². The lowest BCUT2D eigenvalue weighted by atomic mass is 9.85. The van der Waals surface area contributed by atoms with Crippen molar-refractivity contribution in [1.29, 1.82) is 0 Å². The number of hydrogen-bond donors (Lipinski definition) is 0. The lowest BCUT2D eigenvalue weighted by Crippen LogP contribution is -2.72. The Labute approximate surface area is 116 Å². The fourth-order valence-electron chi connectivity index (χ4n) is 3.67. The van der Waals surface area contributed by atoms with E-state index < -0.39 is 0 Å². The van der Waals surface area contributed by atoms with Crippen LogP contribution in [0.4, 0.5) is 4.79 Å². The zero-order chi connectivity index (χ0) is 13.6. The molecule has 3 saturated heterocycles. The van der Waals surface area contributed by atoms with E-state index in [4.69, 9.17) is 4.74 Å². The molecule has 4 aliphatic rings. The van der Waals surface area contributed by atoms with Crippen molar-refractivity contribution in [2.45, 2.75) is 76.6 Å². The van der Waals surface area contributed by atoms with Gasteiger partial charge in [0.25, 0.3) is 0 Å². The molecule has 108 valence electrons. The Bertz CT molecular complexity index is 346. The topological polar surface area (TPSA) is 32.8 Å². The van der Waals surface area contributed by atoms with E-state index in [-0.39, 0.29) is 17.7 Å². The monoisotopic (exact) mass is 266 g/mol. The van der Waals surface area contributed by atoms with Crippen molar-refractivity contribution in [1.82, 2.24) is 9.80 Å². The highest BCUT2D eigenvalue weighted by atomic mass is 16.6. The third-order valence-electron chi connectivity index (χ3n) is 4.92. The first kappa shape index (κ1) is 13.2. The van der Waals surface area contributed by atoms with Gasteiger partial charge in [-0.15, -0.1) is 0 Å². The molecule has 0 spiro atoms. The molecule has 3 heterocycles. The quantitative estimate of drug-likeness (QED) is 0.731. The summed E-state index contributed by atoms with van der Waals surface area (Å²) in [5.74, 6) is 0. The zero-order valence-electron chi connectivity index (χ0n) is 12.4. The van der Waals surface area contributed by atoms with Crippen LogP contribution in [0.5, 0.6) is 0 Å². The van der Waals surface area contributed by atoms with Crippen molar-refractivity contribution < 1.29 is 9.53 Å². The maximum absolute atomic E-state index is 12.2. The number of carbonyl (C=O) groups is 1. The number of piperidine rings is 1. The first-order chi connectivity index (χ1) is 8.95. The number of piperazine rings is 1. The van der Waals surface area contributed by atoms with Crippen LogP contribution in [0.3, 0.4) is 0 Å². The molecule has 4 fully saturated rings. The van der Waals surface area contributed by atoms with E-state index in [9.17, 15) is 4.79 Å². The average Bonchev–Trinajstić information content (AvgIpc) is 2.80. The van der Waals surface area contributed by atoms with E-state index in [1.54, 1.807) is 0 Å². The summed E-state index contributed by atoms with van der Waals surface area (Å²) in [6.45, 7) is 8.75. The van der Waals surface area contributed by atoms with Crippen LogP contribution in [0.1, 0.15) is 52.9 Å². The summed E-state index contributed by atoms with van der Waals surface area (Å²) in [4.78, 5) is 16.7. The van der Waals surface area contributed by atoms with Crippen LogP contribution in [-0.4, -0.2) is 52.7 Å². The smallest absolute Gasteiger partial charge is 0.410 e. The number of fused-ring (bicyclic) bond motifs is 2. The van der Waals surface area contributed by atoms with Crippen LogP contribution in [0, 0.1) is 0 Å². The Hall–Kier alpha value is -0.770. The van der Waals surface area contributed by atoms with E-state index in [0.29, 0.717) is 12.1 Å². The molecule has 19 heavy (non-hydrogen) atoms. The summed E-state index contributed by atoms with van der Waals surface area (Å²) in [5, 5.41) is 0. The Kier molecular flexibility index (Phi) is 3.24. The number of hydrogen-bond acceptors (Lipinski definition) is 3. The molecule has 1 saturated carbocycles. The largest absolute Gasteiger partial charge is 0.446 e. The van der Waals surface area contributed by atoms with Gasteiger partial charge in [0.2, 0.25) is 0 Å². The first-order valence-electron chi connectivity index (χ1n) is 7.69. The molecule has 4 heteroatoms. The second kappa shape index (κ2) is 4.65. The number of ether oxygens (including phenoxy) is 1. The molecule has 4 nitrogen and oxygen atoms in total. The van der Waals surface area contributed by atoms with Crippen LogP contribution in [0.15, 0.2) is 0 Å². The summed E-state index contributed by atoms with van der Waals surface area (Å²) >= 11 is 0. The highest BCUT2D eigenvalue weighted by Gasteiger charge is 2.50. The second-order valence-electron chi connectivity index (χ2n) is 7.32. The predicted molar refractivity (Wildman–Crippen MR) is 74.1 cm³/mol. The molecule has 2 bridgehead atoms. The minimum Gasteiger partial charge on any atom is -0.446 e. The Balaban J connectivity index is 1.56. The summed E-state index contributed by atoms with van der Waals surface area (Å²) in [5.41, 5.74) is 0.207. The van der Waals surface area contributed by atoms with Crippen LogP contribution in [-0.2, 0) is 4.74 Å². The summed E-state index contributed by atoms with van der Waals surface area (Å²) < 4.78 is 5.64. The standard InChI is InChI=1S/C15H26N2O2/c1-15(2,3)16-9-11-8-12(10-16)17(11)14(18)19-13-6-4-5-7-13/h11-13H,4-10H2,1-3H3. The average molecular weight is 266 g/mol. The van der Waals surface area contributed by atoms with E-state index in [1.165, 1.54) is 12.8 Å². The molecule has 0 aromatic rings. The number of nitrogens with zero attached hydrogens (tertiary/aromatic N) is 2. The van der Waals surface area contributed by atoms with Crippen molar-refractivity contribution in [3.8, 4) is 0 Å². The van der Waals surface area contributed by atoms with Crippen LogP contribution < -0.4 is 0 Å². The third-order valence-corrected chi connectivity index (χ3v) is 4.92. The maximum atomic E-state index is 12.2. The zero-order valence-corrected chi connectivity index (χ0v) is 12.4. The fraction of sp³-hybridized carbons (Fsp3) is 0.933. The summed E-state index contributed by atoms with van der Waals surface area (Å²) in [6.07, 6.45) is 5.83. The number of carbonyl (C=O) groups excluding carboxylic acids is 1. The van der Waals surface area contributed by atoms with E-state index in [1.807, 2.05) is 4.90 Å². The minimum atomic E-state index is -0.0540. The van der Waals surface area contributed by atoms with Crippen molar-refractivity contribution >= 4 is 6.09 Å². The van der Waals surface area contributed by atoms with Crippen LogP contribution in [0.25, 0.3) is 0 Å². The third kappa shape index (κ3) is 2.47. The van der Waals surface area contributed by atoms with Gasteiger partial charge in [-0.1, -0.05) is 0 Å². The van der Waals surface area contributed by atoms with Gasteiger partial charge in [-0.05, 0) is 52.9 Å². The predicted octanol–water partition coefficient (Wildman–Crippen LogP) is 2.62. The molecule has 0 radical (unpaired) electrons. The molecule has 2 unspecified atom stereocenters. The number of amides is 1. The molecule has 0 aromatic carbocycles. The van der Waals surface area contributed by atoms with E-state index in [0.717, 1.165) is 32.4 Å². The van der Waals surface area contributed by atoms with E-state index >= 15 is 0 Å². The molecular weight excluding hydrogens is 240 g/mol. The Morgan fingerprint density at radius 2 is 1.68 bits per heavy atom. The van der Waals surface area contributed by atoms with Gasteiger partial charge >= 0.3 is 6.09 Å². The number of rotatable bonds is 1. The molecule has 4 rings (SSSR count). The maximum Gasteiger partial charge on any atom is 0.410 e. The lowest BCUT2D eigenvalue weighted by Gasteiger charge is -2.58. The highest BCUT2D eigenvalue weighted by Crippen LogP contribution is 2.36. The molecule has 3 aliphatic heterocycles. The second-order valence-corrected chi connectivity index (χ2v) is 7.32. The van der Waals surface area contributed by atoms with Crippen molar-refractivity contribution in [3.63, 3.8) is 0 Å².